The Morgan fingerprint density at radius 3 is 2.71 bits per heavy atom. The lowest BCUT2D eigenvalue weighted by molar-refractivity contribution is -0.117. The predicted molar refractivity (Wildman–Crippen MR) is 132 cm³/mol. The van der Waals surface area contributed by atoms with Crippen LogP contribution in [0.15, 0.2) is 72.8 Å². The second kappa shape index (κ2) is 9.67. The molecule has 174 valence electrons. The molecule has 1 aliphatic heterocycles. The van der Waals surface area contributed by atoms with Crippen LogP contribution < -0.4 is 9.64 Å². The van der Waals surface area contributed by atoms with Gasteiger partial charge in [0, 0.05) is 31.1 Å². The van der Waals surface area contributed by atoms with Crippen molar-refractivity contribution in [3.8, 4) is 5.75 Å². The Morgan fingerprint density at radius 2 is 1.85 bits per heavy atom. The molecule has 1 atom stereocenters. The molecular formula is C28H28FN3O2. The summed E-state index contributed by atoms with van der Waals surface area (Å²) < 4.78 is 21.9. The second-order valence-electron chi connectivity index (χ2n) is 8.82. The van der Waals surface area contributed by atoms with E-state index in [2.05, 4.69) is 23.6 Å². The number of aromatic nitrogens is 2. The van der Waals surface area contributed by atoms with Crippen LogP contribution in [0.25, 0.3) is 11.0 Å². The van der Waals surface area contributed by atoms with Crippen molar-refractivity contribution >= 4 is 22.6 Å². The van der Waals surface area contributed by atoms with Gasteiger partial charge in [0.15, 0.2) is 0 Å². The number of aryl methyl sites for hydroxylation is 2. The van der Waals surface area contributed by atoms with Crippen LogP contribution in [0, 0.1) is 12.7 Å². The lowest BCUT2D eigenvalue weighted by Crippen LogP contribution is -2.24. The zero-order valence-corrected chi connectivity index (χ0v) is 19.3. The lowest BCUT2D eigenvalue weighted by Gasteiger charge is -2.17. The molecule has 0 N–H and O–H groups in total. The van der Waals surface area contributed by atoms with Crippen LogP contribution >= 0.6 is 0 Å². The SMILES string of the molecule is Cc1ccccc1OCCCCn1c(C2CC(=O)N(c3cccc(F)c3)C2)nc2ccccc21. The number of fused-ring (bicyclic) bond motifs is 1. The van der Waals surface area contributed by atoms with Crippen LogP contribution in [0.1, 0.15) is 36.6 Å². The molecule has 2 heterocycles. The molecule has 0 radical (unpaired) electrons. The number of hydrogen-bond donors (Lipinski definition) is 0. The fraction of sp³-hybridized carbons (Fsp3) is 0.286. The molecule has 1 fully saturated rings. The highest BCUT2D eigenvalue weighted by Gasteiger charge is 2.34. The van der Waals surface area contributed by atoms with E-state index in [0.29, 0.717) is 25.3 Å². The minimum absolute atomic E-state index is 0.000775. The zero-order chi connectivity index (χ0) is 23.5. The highest BCUT2D eigenvalue weighted by atomic mass is 19.1. The third kappa shape index (κ3) is 4.53. The molecule has 5 nitrogen and oxygen atoms in total. The van der Waals surface area contributed by atoms with Gasteiger partial charge in [0.05, 0.1) is 17.6 Å². The number of benzene rings is 3. The molecule has 1 saturated heterocycles. The average molecular weight is 458 g/mol. The van der Waals surface area contributed by atoms with Crippen molar-refractivity contribution in [2.45, 2.75) is 38.6 Å². The first kappa shape index (κ1) is 22.1. The van der Waals surface area contributed by atoms with Gasteiger partial charge < -0.3 is 14.2 Å². The van der Waals surface area contributed by atoms with E-state index < -0.39 is 0 Å². The molecule has 3 aromatic carbocycles. The fourth-order valence-corrected chi connectivity index (χ4v) is 4.69. The number of imidazole rings is 1. The van der Waals surface area contributed by atoms with E-state index in [1.54, 1.807) is 17.0 Å². The van der Waals surface area contributed by atoms with Gasteiger partial charge in [-0.3, -0.25) is 4.79 Å². The van der Waals surface area contributed by atoms with Crippen LogP contribution in [-0.4, -0.2) is 28.6 Å². The topological polar surface area (TPSA) is 47.4 Å². The normalized spacial score (nSPS) is 15.9. The van der Waals surface area contributed by atoms with Gasteiger partial charge in [0.1, 0.15) is 17.4 Å². The van der Waals surface area contributed by atoms with E-state index >= 15 is 0 Å². The summed E-state index contributed by atoms with van der Waals surface area (Å²) in [6.07, 6.45) is 2.23. The Morgan fingerprint density at radius 1 is 1.03 bits per heavy atom. The number of carbonyl (C=O) groups excluding carboxylic acids is 1. The Hall–Kier alpha value is -3.67. The first-order chi connectivity index (χ1) is 16.6. The summed E-state index contributed by atoms with van der Waals surface area (Å²) in [4.78, 5) is 19.4. The number of halogens is 1. The van der Waals surface area contributed by atoms with Crippen molar-refractivity contribution < 1.29 is 13.9 Å². The van der Waals surface area contributed by atoms with E-state index in [4.69, 9.17) is 9.72 Å². The van der Waals surface area contributed by atoms with E-state index in [0.717, 1.165) is 47.6 Å². The number of anilines is 1. The van der Waals surface area contributed by atoms with E-state index in [1.165, 1.54) is 12.1 Å². The Bertz CT molecular complexity index is 1320. The first-order valence-corrected chi connectivity index (χ1v) is 11.8. The number of nitrogens with zero attached hydrogens (tertiary/aromatic N) is 3. The van der Waals surface area contributed by atoms with Gasteiger partial charge in [0.2, 0.25) is 5.91 Å². The van der Waals surface area contributed by atoms with Gasteiger partial charge in [-0.1, -0.05) is 36.4 Å². The Balaban J connectivity index is 1.30. The van der Waals surface area contributed by atoms with Gasteiger partial charge in [-0.2, -0.15) is 0 Å². The summed E-state index contributed by atoms with van der Waals surface area (Å²) in [5.41, 5.74) is 3.75. The standard InChI is InChI=1S/C28H28FN3O2/c1-20-9-2-5-14-26(20)34-16-7-6-15-31-25-13-4-3-12-24(25)30-28(31)21-17-27(33)32(19-21)23-11-8-10-22(29)18-23/h2-5,8-14,18,21H,6-7,15-17,19H2,1H3. The maximum absolute atomic E-state index is 13.7. The highest BCUT2D eigenvalue weighted by molar-refractivity contribution is 5.96. The monoisotopic (exact) mass is 457 g/mol. The number of carbonyl (C=O) groups is 1. The van der Waals surface area contributed by atoms with E-state index in [9.17, 15) is 9.18 Å². The summed E-state index contributed by atoms with van der Waals surface area (Å²) in [5, 5.41) is 0. The number of para-hydroxylation sites is 3. The number of ether oxygens (including phenoxy) is 1. The largest absolute Gasteiger partial charge is 0.493 e. The molecule has 4 aromatic rings. The molecule has 1 unspecified atom stereocenters. The predicted octanol–water partition coefficient (Wildman–Crippen LogP) is 5.86. The fourth-order valence-electron chi connectivity index (χ4n) is 4.69. The van der Waals surface area contributed by atoms with Crippen molar-refractivity contribution in [2.24, 2.45) is 0 Å². The minimum atomic E-state index is -0.339. The zero-order valence-electron chi connectivity index (χ0n) is 19.3. The van der Waals surface area contributed by atoms with Crippen LogP contribution in [-0.2, 0) is 11.3 Å². The van der Waals surface area contributed by atoms with Gasteiger partial charge >= 0.3 is 0 Å². The quantitative estimate of drug-likeness (QED) is 0.311. The molecule has 1 aliphatic rings. The summed E-state index contributed by atoms with van der Waals surface area (Å²) in [6.45, 7) is 4.01. The van der Waals surface area contributed by atoms with Crippen LogP contribution in [0.4, 0.5) is 10.1 Å². The van der Waals surface area contributed by atoms with Gasteiger partial charge in [-0.25, -0.2) is 9.37 Å². The van der Waals surface area contributed by atoms with Crippen LogP contribution in [0.5, 0.6) is 5.75 Å². The first-order valence-electron chi connectivity index (χ1n) is 11.8. The van der Waals surface area contributed by atoms with E-state index in [-0.39, 0.29) is 17.6 Å². The molecule has 5 rings (SSSR count). The Labute approximate surface area is 198 Å². The highest BCUT2D eigenvalue weighted by Crippen LogP contribution is 2.33. The van der Waals surface area contributed by atoms with Crippen molar-refractivity contribution in [2.75, 3.05) is 18.1 Å². The van der Waals surface area contributed by atoms with Crippen molar-refractivity contribution in [1.29, 1.82) is 0 Å². The molecule has 0 saturated carbocycles. The van der Waals surface area contributed by atoms with E-state index in [1.807, 2.05) is 36.4 Å². The summed E-state index contributed by atoms with van der Waals surface area (Å²) in [7, 11) is 0. The van der Waals surface area contributed by atoms with Crippen molar-refractivity contribution in [3.05, 3.63) is 90.0 Å². The molecule has 1 amide bonds. The van der Waals surface area contributed by atoms with Crippen molar-refractivity contribution in [1.82, 2.24) is 9.55 Å². The number of hydrogen-bond acceptors (Lipinski definition) is 3. The Kier molecular flexibility index (Phi) is 6.30. The maximum Gasteiger partial charge on any atom is 0.227 e. The molecule has 0 spiro atoms. The van der Waals surface area contributed by atoms with Crippen LogP contribution in [0.3, 0.4) is 0 Å². The molecule has 0 aliphatic carbocycles. The van der Waals surface area contributed by atoms with Crippen molar-refractivity contribution in [3.63, 3.8) is 0 Å². The summed E-state index contributed by atoms with van der Waals surface area (Å²) in [6, 6.07) is 22.4. The molecular weight excluding hydrogens is 429 g/mol. The lowest BCUT2D eigenvalue weighted by atomic mass is 10.1. The minimum Gasteiger partial charge on any atom is -0.493 e. The molecule has 34 heavy (non-hydrogen) atoms. The molecule has 1 aromatic heterocycles. The molecule has 0 bridgehead atoms. The van der Waals surface area contributed by atoms with Crippen LogP contribution in [0.2, 0.25) is 0 Å². The number of amides is 1. The summed E-state index contributed by atoms with van der Waals surface area (Å²) in [5.74, 6) is 1.48. The van der Waals surface area contributed by atoms with Gasteiger partial charge in [0.25, 0.3) is 0 Å². The smallest absolute Gasteiger partial charge is 0.227 e. The van der Waals surface area contributed by atoms with Gasteiger partial charge in [-0.15, -0.1) is 0 Å². The number of unbranched alkanes of at least 4 members (excludes halogenated alkanes) is 1. The van der Waals surface area contributed by atoms with Gasteiger partial charge in [-0.05, 0) is 61.7 Å². The maximum atomic E-state index is 13.7. The molecule has 6 heteroatoms. The summed E-state index contributed by atoms with van der Waals surface area (Å²) >= 11 is 0. The number of rotatable bonds is 8. The third-order valence-electron chi connectivity index (χ3n) is 6.42. The average Bonchev–Trinajstić information content (AvgIpc) is 3.40. The third-order valence-corrected chi connectivity index (χ3v) is 6.42. The second-order valence-corrected chi connectivity index (χ2v) is 8.82.